The fourth-order valence-electron chi connectivity index (χ4n) is 5.41. The number of aromatic nitrogens is 2. The summed E-state index contributed by atoms with van der Waals surface area (Å²) in [7, 11) is 0. The van der Waals surface area contributed by atoms with Gasteiger partial charge in [-0.1, -0.05) is 29.8 Å². The number of fused-ring (bicyclic) bond motifs is 3. The van der Waals surface area contributed by atoms with Crippen molar-refractivity contribution in [3.8, 4) is 0 Å². The van der Waals surface area contributed by atoms with Gasteiger partial charge in [0.2, 0.25) is 5.91 Å². The maximum atomic E-state index is 13.1. The molecule has 2 amide bonds. The molecule has 0 spiro atoms. The number of likely N-dealkylation sites (tertiary alicyclic amines) is 1. The summed E-state index contributed by atoms with van der Waals surface area (Å²) < 4.78 is 0. The first-order valence-electron chi connectivity index (χ1n) is 12.4. The van der Waals surface area contributed by atoms with Gasteiger partial charge >= 0.3 is 0 Å². The molecule has 2 aromatic carbocycles. The zero-order valence-corrected chi connectivity index (χ0v) is 20.6. The Morgan fingerprint density at radius 2 is 1.83 bits per heavy atom. The second-order valence-corrected chi connectivity index (χ2v) is 10.5. The van der Waals surface area contributed by atoms with Crippen LogP contribution in [0.5, 0.6) is 0 Å². The maximum absolute atomic E-state index is 13.1. The molecule has 6 rings (SSSR count). The minimum absolute atomic E-state index is 0.0687. The third kappa shape index (κ3) is 4.12. The van der Waals surface area contributed by atoms with Gasteiger partial charge in [0.05, 0.1) is 16.6 Å². The highest BCUT2D eigenvalue weighted by molar-refractivity contribution is 6.30. The lowest BCUT2D eigenvalue weighted by Gasteiger charge is -2.32. The first-order chi connectivity index (χ1) is 17.4. The van der Waals surface area contributed by atoms with E-state index in [1.807, 2.05) is 36.4 Å². The molecule has 3 heterocycles. The monoisotopic (exact) mass is 501 g/mol. The molecule has 1 aliphatic carbocycles. The van der Waals surface area contributed by atoms with Gasteiger partial charge in [0.15, 0.2) is 0 Å². The van der Waals surface area contributed by atoms with E-state index in [0.29, 0.717) is 11.3 Å². The van der Waals surface area contributed by atoms with Crippen molar-refractivity contribution in [2.45, 2.75) is 43.7 Å². The van der Waals surface area contributed by atoms with Crippen molar-refractivity contribution in [2.24, 2.45) is 5.73 Å². The number of nitrogens with zero attached hydrogens (tertiary/aromatic N) is 2. The van der Waals surface area contributed by atoms with Crippen LogP contribution in [0, 0.1) is 0 Å². The normalized spacial score (nSPS) is 17.9. The number of piperidine rings is 1. The number of H-pyrrole nitrogens is 1. The molecule has 4 N–H and O–H groups in total. The number of hydrogen-bond acceptors (Lipinski definition) is 4. The predicted molar refractivity (Wildman–Crippen MR) is 141 cm³/mol. The molecular weight excluding hydrogens is 474 g/mol. The molecule has 36 heavy (non-hydrogen) atoms. The van der Waals surface area contributed by atoms with Crippen LogP contribution in [0.15, 0.2) is 54.7 Å². The lowest BCUT2D eigenvalue weighted by molar-refractivity contribution is -0.120. The van der Waals surface area contributed by atoms with Crippen LogP contribution in [-0.2, 0) is 16.8 Å². The first-order valence-corrected chi connectivity index (χ1v) is 12.8. The summed E-state index contributed by atoms with van der Waals surface area (Å²) >= 11 is 5.99. The lowest BCUT2D eigenvalue weighted by Crippen LogP contribution is -2.44. The van der Waals surface area contributed by atoms with E-state index in [1.54, 1.807) is 6.20 Å². The first kappa shape index (κ1) is 23.0. The Morgan fingerprint density at radius 3 is 2.53 bits per heavy atom. The Kier molecular flexibility index (Phi) is 5.69. The molecule has 2 fully saturated rings. The number of nitrogens with two attached hydrogens (primary N) is 1. The van der Waals surface area contributed by atoms with Crippen molar-refractivity contribution in [3.05, 3.63) is 76.6 Å². The van der Waals surface area contributed by atoms with E-state index in [0.717, 1.165) is 72.1 Å². The zero-order chi connectivity index (χ0) is 24.9. The fraction of sp³-hybridized carbons (Fsp3) is 0.321. The standard InChI is InChI=1S/C28H28ClN5O2/c29-19-4-1-17(2-5-19)16-34-13-8-20(9-14-34)32-26(35)18-3-6-21-22-7-12-31-25(24(22)33-23(21)15-18)28(10-11-28)27(30)36/h1-7,12,15,20,33H,8-11,13-14,16H2,(H2,30,36)(H,32,35). The Labute approximate surface area is 214 Å². The van der Waals surface area contributed by atoms with Gasteiger partial charge in [-0.15, -0.1) is 0 Å². The van der Waals surface area contributed by atoms with Crippen molar-refractivity contribution in [1.82, 2.24) is 20.2 Å². The molecule has 1 saturated carbocycles. The number of rotatable bonds is 6. The number of halogens is 1. The van der Waals surface area contributed by atoms with Crippen molar-refractivity contribution in [1.29, 1.82) is 0 Å². The SMILES string of the molecule is NC(=O)C1(c2nccc3c2[nH]c2cc(C(=O)NC4CCN(Cc5ccc(Cl)cc5)CC4)ccc23)CC1. The van der Waals surface area contributed by atoms with Gasteiger partial charge in [0, 0.05) is 58.7 Å². The molecule has 2 aromatic heterocycles. The second kappa shape index (κ2) is 8.91. The molecule has 0 radical (unpaired) electrons. The number of pyridine rings is 1. The van der Waals surface area contributed by atoms with Crippen LogP contribution in [0.25, 0.3) is 21.8 Å². The largest absolute Gasteiger partial charge is 0.369 e. The number of carbonyl (C=O) groups excluding carboxylic acids is 2. The van der Waals surface area contributed by atoms with E-state index in [2.05, 4.69) is 32.3 Å². The smallest absolute Gasteiger partial charge is 0.251 e. The fourth-order valence-corrected chi connectivity index (χ4v) is 5.54. The number of aromatic amines is 1. The number of primary amides is 1. The van der Waals surface area contributed by atoms with Crippen LogP contribution in [0.1, 0.15) is 47.3 Å². The van der Waals surface area contributed by atoms with Crippen molar-refractivity contribution in [3.63, 3.8) is 0 Å². The van der Waals surface area contributed by atoms with E-state index in [9.17, 15) is 9.59 Å². The van der Waals surface area contributed by atoms with Crippen LogP contribution in [0.3, 0.4) is 0 Å². The highest BCUT2D eigenvalue weighted by Gasteiger charge is 2.52. The summed E-state index contributed by atoms with van der Waals surface area (Å²) in [5.74, 6) is -0.402. The number of benzene rings is 2. The van der Waals surface area contributed by atoms with Gasteiger partial charge in [0.25, 0.3) is 5.91 Å². The third-order valence-electron chi connectivity index (χ3n) is 7.70. The van der Waals surface area contributed by atoms with Gasteiger partial charge in [-0.2, -0.15) is 0 Å². The van der Waals surface area contributed by atoms with E-state index >= 15 is 0 Å². The average molecular weight is 502 g/mol. The molecule has 1 saturated heterocycles. The number of amides is 2. The number of carbonyl (C=O) groups is 2. The van der Waals surface area contributed by atoms with Crippen molar-refractivity contribution >= 4 is 45.2 Å². The molecule has 0 atom stereocenters. The third-order valence-corrected chi connectivity index (χ3v) is 7.95. The van der Waals surface area contributed by atoms with E-state index < -0.39 is 5.41 Å². The number of hydrogen-bond donors (Lipinski definition) is 3. The van der Waals surface area contributed by atoms with Crippen LogP contribution in [0.2, 0.25) is 5.02 Å². The Morgan fingerprint density at radius 1 is 1.08 bits per heavy atom. The van der Waals surface area contributed by atoms with Crippen LogP contribution in [-0.4, -0.2) is 45.8 Å². The predicted octanol–water partition coefficient (Wildman–Crippen LogP) is 4.28. The summed E-state index contributed by atoms with van der Waals surface area (Å²) in [4.78, 5) is 35.5. The summed E-state index contributed by atoms with van der Waals surface area (Å²) in [5.41, 5.74) is 9.27. The quantitative estimate of drug-likeness (QED) is 0.367. The maximum Gasteiger partial charge on any atom is 0.251 e. The zero-order valence-electron chi connectivity index (χ0n) is 19.9. The summed E-state index contributed by atoms with van der Waals surface area (Å²) in [6.45, 7) is 2.76. The summed E-state index contributed by atoms with van der Waals surface area (Å²) in [6, 6.07) is 15.8. The molecular formula is C28H28ClN5O2. The van der Waals surface area contributed by atoms with E-state index in [1.165, 1.54) is 5.56 Å². The van der Waals surface area contributed by atoms with Gasteiger partial charge in [-0.05, 0) is 61.6 Å². The van der Waals surface area contributed by atoms with Crippen LogP contribution in [0.4, 0.5) is 0 Å². The van der Waals surface area contributed by atoms with Gasteiger partial charge < -0.3 is 16.0 Å². The topological polar surface area (TPSA) is 104 Å². The van der Waals surface area contributed by atoms with Crippen LogP contribution >= 0.6 is 11.6 Å². The molecule has 8 heteroatoms. The van der Waals surface area contributed by atoms with Crippen molar-refractivity contribution < 1.29 is 9.59 Å². The van der Waals surface area contributed by atoms with Gasteiger partial charge in [-0.3, -0.25) is 19.5 Å². The van der Waals surface area contributed by atoms with Gasteiger partial charge in [-0.25, -0.2) is 0 Å². The van der Waals surface area contributed by atoms with Crippen LogP contribution < -0.4 is 11.1 Å². The molecule has 184 valence electrons. The van der Waals surface area contributed by atoms with E-state index in [4.69, 9.17) is 17.3 Å². The molecule has 1 aliphatic heterocycles. The average Bonchev–Trinajstić information content (AvgIpc) is 3.61. The number of nitrogens with one attached hydrogen (secondary N) is 2. The molecule has 2 aliphatic rings. The Bertz CT molecular complexity index is 1470. The Hall–Kier alpha value is -3.42. The summed E-state index contributed by atoms with van der Waals surface area (Å²) in [6.07, 6.45) is 5.00. The minimum Gasteiger partial charge on any atom is -0.369 e. The molecule has 0 bridgehead atoms. The highest BCUT2D eigenvalue weighted by Crippen LogP contribution is 2.49. The highest BCUT2D eigenvalue weighted by atomic mass is 35.5. The second-order valence-electron chi connectivity index (χ2n) is 10.1. The van der Waals surface area contributed by atoms with Crippen molar-refractivity contribution in [2.75, 3.05) is 13.1 Å². The molecule has 7 nitrogen and oxygen atoms in total. The lowest BCUT2D eigenvalue weighted by atomic mass is 9.98. The summed E-state index contributed by atoms with van der Waals surface area (Å²) in [5, 5.41) is 5.96. The molecule has 4 aromatic rings. The Balaban J connectivity index is 1.15. The van der Waals surface area contributed by atoms with E-state index in [-0.39, 0.29) is 17.9 Å². The molecule has 0 unspecified atom stereocenters. The minimum atomic E-state index is -0.678. The van der Waals surface area contributed by atoms with Gasteiger partial charge in [0.1, 0.15) is 0 Å².